The van der Waals surface area contributed by atoms with Gasteiger partial charge in [0.1, 0.15) is 5.58 Å². The van der Waals surface area contributed by atoms with Crippen molar-refractivity contribution in [3.05, 3.63) is 66.4 Å². The SMILES string of the molecule is CC.CC.CCC.O=C1CCc2ccccc2N1.c1ccc2occc2c1. The van der Waals surface area contributed by atoms with E-state index in [0.29, 0.717) is 6.42 Å². The van der Waals surface area contributed by atoms with Crippen LogP contribution in [-0.2, 0) is 11.2 Å². The van der Waals surface area contributed by atoms with Crippen molar-refractivity contribution < 1.29 is 9.21 Å². The molecule has 0 saturated heterocycles. The van der Waals surface area contributed by atoms with E-state index >= 15 is 0 Å². The highest BCUT2D eigenvalue weighted by Crippen LogP contribution is 2.20. The number of fused-ring (bicyclic) bond motifs is 2. The number of carbonyl (C=O) groups is 1. The third-order valence-electron chi connectivity index (χ3n) is 3.27. The molecular weight excluding hydrogens is 334 g/mol. The number of furan rings is 1. The molecule has 0 unspecified atom stereocenters. The average Bonchev–Trinajstić information content (AvgIpc) is 3.21. The Morgan fingerprint density at radius 3 is 2.11 bits per heavy atom. The molecule has 3 aromatic rings. The predicted octanol–water partition coefficient (Wildman–Crippen LogP) is 7.47. The molecule has 1 aliphatic rings. The van der Waals surface area contributed by atoms with Crippen molar-refractivity contribution in [1.82, 2.24) is 0 Å². The standard InChI is InChI=1S/C9H9NO.C8H6O.C3H8.2C2H6/c11-9-6-5-7-3-1-2-4-8(7)10-9;1-2-4-8-7(3-1)5-6-9-8;1-3-2;2*1-2/h1-4H,5-6H2,(H,10,11);1-6H;3H2,1-2H3;2*1-2H3. The Bertz CT molecular complexity index is 716. The molecule has 0 fully saturated rings. The third-order valence-corrected chi connectivity index (χ3v) is 3.27. The number of rotatable bonds is 0. The second kappa shape index (κ2) is 15.7. The molecular formula is C24H35NO2. The first-order chi connectivity index (χ1) is 13.2. The summed E-state index contributed by atoms with van der Waals surface area (Å²) >= 11 is 0. The molecule has 1 aromatic heterocycles. The number of nitrogens with one attached hydrogen (secondary N) is 1. The van der Waals surface area contributed by atoms with Crippen molar-refractivity contribution in [3.63, 3.8) is 0 Å². The summed E-state index contributed by atoms with van der Waals surface area (Å²) in [6, 6.07) is 17.8. The zero-order chi connectivity index (χ0) is 20.5. The van der Waals surface area contributed by atoms with Gasteiger partial charge < -0.3 is 9.73 Å². The Hall–Kier alpha value is -2.55. The van der Waals surface area contributed by atoms with Crippen LogP contribution >= 0.6 is 0 Å². The molecule has 0 spiro atoms. The fraction of sp³-hybridized carbons (Fsp3) is 0.375. The van der Waals surface area contributed by atoms with Crippen LogP contribution in [0.4, 0.5) is 5.69 Å². The highest BCUT2D eigenvalue weighted by atomic mass is 16.3. The zero-order valence-corrected chi connectivity index (χ0v) is 17.7. The first kappa shape index (κ1) is 24.5. The van der Waals surface area contributed by atoms with Crippen molar-refractivity contribution in [2.24, 2.45) is 0 Å². The molecule has 0 saturated carbocycles. The van der Waals surface area contributed by atoms with Crippen molar-refractivity contribution in [2.75, 3.05) is 5.32 Å². The van der Waals surface area contributed by atoms with E-state index in [1.807, 2.05) is 76.2 Å². The van der Waals surface area contributed by atoms with Gasteiger partial charge in [0, 0.05) is 17.5 Å². The molecule has 0 atom stereocenters. The minimum atomic E-state index is 0.128. The Labute approximate surface area is 164 Å². The maximum atomic E-state index is 10.9. The van der Waals surface area contributed by atoms with Crippen LogP contribution in [0, 0.1) is 0 Å². The number of aryl methyl sites for hydroxylation is 1. The molecule has 1 amide bonds. The smallest absolute Gasteiger partial charge is 0.224 e. The Kier molecular flexibility index (Phi) is 14.2. The molecule has 0 aliphatic carbocycles. The molecule has 1 N–H and O–H groups in total. The Morgan fingerprint density at radius 2 is 1.44 bits per heavy atom. The summed E-state index contributed by atoms with van der Waals surface area (Å²) < 4.78 is 5.12. The van der Waals surface area contributed by atoms with Gasteiger partial charge in [-0.15, -0.1) is 0 Å². The van der Waals surface area contributed by atoms with Crippen LogP contribution in [-0.4, -0.2) is 5.91 Å². The van der Waals surface area contributed by atoms with E-state index in [9.17, 15) is 4.79 Å². The average molecular weight is 370 g/mol. The van der Waals surface area contributed by atoms with Gasteiger partial charge >= 0.3 is 0 Å². The van der Waals surface area contributed by atoms with Crippen LogP contribution in [0.1, 0.15) is 59.9 Å². The molecule has 148 valence electrons. The fourth-order valence-electron chi connectivity index (χ4n) is 2.23. The molecule has 2 heterocycles. The van der Waals surface area contributed by atoms with Gasteiger partial charge in [-0.2, -0.15) is 0 Å². The molecule has 1 aliphatic heterocycles. The molecule has 2 aromatic carbocycles. The number of benzene rings is 2. The lowest BCUT2D eigenvalue weighted by Crippen LogP contribution is -2.18. The van der Waals surface area contributed by atoms with Crippen molar-refractivity contribution >= 4 is 22.6 Å². The number of carbonyl (C=O) groups excluding carboxylic acids is 1. The predicted molar refractivity (Wildman–Crippen MR) is 118 cm³/mol. The number of hydrogen-bond acceptors (Lipinski definition) is 2. The lowest BCUT2D eigenvalue weighted by Gasteiger charge is -2.15. The van der Waals surface area contributed by atoms with E-state index in [-0.39, 0.29) is 5.91 Å². The van der Waals surface area contributed by atoms with E-state index in [2.05, 4.69) is 25.2 Å². The summed E-state index contributed by atoms with van der Waals surface area (Å²) in [5.41, 5.74) is 3.17. The summed E-state index contributed by atoms with van der Waals surface area (Å²) in [4.78, 5) is 10.9. The van der Waals surface area contributed by atoms with Crippen LogP contribution in [0.5, 0.6) is 0 Å². The summed E-state index contributed by atoms with van der Waals surface area (Å²) in [6.45, 7) is 12.2. The number of para-hydroxylation sites is 2. The summed E-state index contributed by atoms with van der Waals surface area (Å²) in [5, 5.41) is 3.99. The van der Waals surface area contributed by atoms with Crippen LogP contribution in [0.25, 0.3) is 11.0 Å². The number of hydrogen-bond donors (Lipinski definition) is 1. The molecule has 3 heteroatoms. The van der Waals surface area contributed by atoms with Crippen LogP contribution in [0.2, 0.25) is 0 Å². The number of anilines is 1. The molecule has 0 bridgehead atoms. The molecule has 27 heavy (non-hydrogen) atoms. The molecule has 4 rings (SSSR count). The van der Waals surface area contributed by atoms with Crippen molar-refractivity contribution in [1.29, 1.82) is 0 Å². The van der Waals surface area contributed by atoms with E-state index in [4.69, 9.17) is 4.42 Å². The fourth-order valence-corrected chi connectivity index (χ4v) is 2.23. The largest absolute Gasteiger partial charge is 0.464 e. The third kappa shape index (κ3) is 9.09. The Balaban J connectivity index is 0.000000382. The quantitative estimate of drug-likeness (QED) is 0.446. The van der Waals surface area contributed by atoms with Gasteiger partial charge in [-0.3, -0.25) is 4.79 Å². The highest BCUT2D eigenvalue weighted by molar-refractivity contribution is 5.93. The normalized spacial score (nSPS) is 10.8. The summed E-state index contributed by atoms with van der Waals surface area (Å²) in [5.74, 6) is 0.128. The monoisotopic (exact) mass is 369 g/mol. The summed E-state index contributed by atoms with van der Waals surface area (Å²) in [7, 11) is 0. The second-order valence-corrected chi connectivity index (χ2v) is 5.37. The lowest BCUT2D eigenvalue weighted by molar-refractivity contribution is -0.116. The van der Waals surface area contributed by atoms with Crippen LogP contribution < -0.4 is 5.32 Å². The number of amides is 1. The summed E-state index contributed by atoms with van der Waals surface area (Å²) in [6.07, 6.45) is 4.45. The van der Waals surface area contributed by atoms with Crippen LogP contribution in [0.3, 0.4) is 0 Å². The Morgan fingerprint density at radius 1 is 0.852 bits per heavy atom. The van der Waals surface area contributed by atoms with E-state index in [1.54, 1.807) is 6.26 Å². The van der Waals surface area contributed by atoms with Gasteiger partial charge in [-0.25, -0.2) is 0 Å². The van der Waals surface area contributed by atoms with Crippen molar-refractivity contribution in [2.45, 2.75) is 60.8 Å². The zero-order valence-electron chi connectivity index (χ0n) is 17.7. The maximum Gasteiger partial charge on any atom is 0.224 e. The van der Waals surface area contributed by atoms with Crippen molar-refractivity contribution in [3.8, 4) is 0 Å². The minimum Gasteiger partial charge on any atom is -0.464 e. The van der Waals surface area contributed by atoms with E-state index in [0.717, 1.165) is 23.1 Å². The van der Waals surface area contributed by atoms with Gasteiger partial charge in [0.25, 0.3) is 0 Å². The molecule has 0 radical (unpaired) electrons. The second-order valence-electron chi connectivity index (χ2n) is 5.37. The first-order valence-corrected chi connectivity index (χ1v) is 10.0. The van der Waals surface area contributed by atoms with Gasteiger partial charge in [-0.05, 0) is 30.2 Å². The lowest BCUT2D eigenvalue weighted by atomic mass is 10.0. The van der Waals surface area contributed by atoms with E-state index in [1.165, 1.54) is 12.0 Å². The topological polar surface area (TPSA) is 42.2 Å². The first-order valence-electron chi connectivity index (χ1n) is 10.0. The maximum absolute atomic E-state index is 10.9. The van der Waals surface area contributed by atoms with E-state index < -0.39 is 0 Å². The highest BCUT2D eigenvalue weighted by Gasteiger charge is 2.12. The van der Waals surface area contributed by atoms with Gasteiger partial charge in [0.05, 0.1) is 6.26 Å². The van der Waals surface area contributed by atoms with Gasteiger partial charge in [0.2, 0.25) is 5.91 Å². The molecule has 3 nitrogen and oxygen atoms in total. The van der Waals surface area contributed by atoms with Gasteiger partial charge in [0.15, 0.2) is 0 Å². The van der Waals surface area contributed by atoms with Gasteiger partial charge in [-0.1, -0.05) is 84.4 Å². The minimum absolute atomic E-state index is 0.128. The van der Waals surface area contributed by atoms with Crippen LogP contribution in [0.15, 0.2) is 65.3 Å².